The minimum Gasteiger partial charge on any atom is -0.508 e. The molecular weight excluding hydrogens is 1120 g/mol. The van der Waals surface area contributed by atoms with Crippen LogP contribution in [0.25, 0.3) is 43.4 Å². The van der Waals surface area contributed by atoms with Crippen molar-refractivity contribution in [3.05, 3.63) is 147 Å². The van der Waals surface area contributed by atoms with E-state index in [4.69, 9.17) is 36.4 Å². The maximum absolute atomic E-state index is 14.7. The van der Waals surface area contributed by atoms with Crippen molar-refractivity contribution >= 4 is 103 Å². The molecule has 0 spiro atoms. The number of hydrogen-bond acceptors (Lipinski definition) is 20. The molecule has 9 N–H and O–H groups in total. The molecule has 5 atom stereocenters. The highest BCUT2D eigenvalue weighted by atomic mass is 32.1. The molecule has 0 aliphatic carbocycles. The lowest BCUT2D eigenvalue weighted by Crippen LogP contribution is -2.49. The van der Waals surface area contributed by atoms with Gasteiger partial charge in [-0.05, 0) is 54.7 Å². The lowest BCUT2D eigenvalue weighted by atomic mass is 9.98. The van der Waals surface area contributed by atoms with Crippen LogP contribution >= 0.6 is 68.0 Å². The Morgan fingerprint density at radius 2 is 1.19 bits per heavy atom. The molecule has 20 nitrogen and oxygen atoms in total. The molecule has 1 aliphatic rings. The number of phenols is 1. The number of aromatic nitrogens is 7. The third kappa shape index (κ3) is 12.3. The summed E-state index contributed by atoms with van der Waals surface area (Å²) in [5, 5.41) is 33.2. The molecule has 402 valence electrons. The van der Waals surface area contributed by atoms with Crippen molar-refractivity contribution < 1.29 is 33.9 Å². The van der Waals surface area contributed by atoms with E-state index < -0.39 is 59.6 Å². The molecular formula is C53H47N13O7S6. The van der Waals surface area contributed by atoms with Gasteiger partial charge in [-0.1, -0.05) is 62.7 Å². The number of nitrogens with one attached hydrogen (secondary N) is 4. The zero-order valence-corrected chi connectivity index (χ0v) is 47.0. The Morgan fingerprint density at radius 1 is 0.582 bits per heavy atom. The monoisotopic (exact) mass is 1170 g/mol. The Bertz CT molecular complexity index is 3750. The van der Waals surface area contributed by atoms with Crippen molar-refractivity contribution in [3.8, 4) is 49.1 Å². The second-order valence-corrected chi connectivity index (χ2v) is 23.9. The Morgan fingerprint density at radius 3 is 1.92 bits per heavy atom. The number of hydrogen-bond donors (Lipinski definition) is 7. The smallest absolute Gasteiger partial charge is 0.271 e. The third-order valence-corrected chi connectivity index (χ3v) is 18.4. The van der Waals surface area contributed by atoms with E-state index in [1.165, 1.54) is 57.5 Å². The predicted octanol–water partition coefficient (Wildman–Crippen LogP) is 8.22. The summed E-state index contributed by atoms with van der Waals surface area (Å²) >= 11 is 7.32. The summed E-state index contributed by atoms with van der Waals surface area (Å²) in [7, 11) is 0. The Labute approximate surface area is 474 Å². The number of primary amides is 2. The van der Waals surface area contributed by atoms with E-state index in [1.807, 2.05) is 54.9 Å². The van der Waals surface area contributed by atoms with Gasteiger partial charge < -0.3 is 37.8 Å². The summed E-state index contributed by atoms with van der Waals surface area (Å²) in [6.07, 6.45) is 0.667. The fourth-order valence-corrected chi connectivity index (χ4v) is 13.7. The predicted molar refractivity (Wildman–Crippen MR) is 304 cm³/mol. The molecule has 0 saturated heterocycles. The molecule has 9 aromatic rings. The average Bonchev–Trinajstić information content (AvgIpc) is 4.37. The number of carbonyl (C=O) groups is 6. The fourth-order valence-electron chi connectivity index (χ4n) is 8.47. The number of amides is 6. The fraction of sp³-hybridized carbons (Fsp3) is 0.226. The van der Waals surface area contributed by atoms with Crippen LogP contribution in [0.5, 0.6) is 5.75 Å². The Balaban J connectivity index is 1.07. The number of fused-ring (bicyclic) bond motifs is 14. The van der Waals surface area contributed by atoms with E-state index in [0.717, 1.165) is 28.2 Å². The summed E-state index contributed by atoms with van der Waals surface area (Å²) < 4.78 is 0. The first-order valence-electron chi connectivity index (χ1n) is 24.5. The number of nitrogens with zero attached hydrogens (tertiary/aromatic N) is 7. The molecule has 1 aliphatic heterocycles. The number of phenolic OH excluding ortho intramolecular Hbond substituents is 1. The molecule has 8 heterocycles. The van der Waals surface area contributed by atoms with Gasteiger partial charge in [0.05, 0.1) is 30.2 Å². The Hall–Kier alpha value is -8.01. The zero-order valence-electron chi connectivity index (χ0n) is 42.1. The summed E-state index contributed by atoms with van der Waals surface area (Å²) in [5.41, 5.74) is 15.3. The van der Waals surface area contributed by atoms with Crippen LogP contribution in [-0.2, 0) is 22.4 Å². The van der Waals surface area contributed by atoms with Gasteiger partial charge in [0.2, 0.25) is 11.8 Å². The third-order valence-electron chi connectivity index (χ3n) is 12.8. The number of aryl methyl sites for hydroxylation is 1. The number of pyridine rings is 1. The second-order valence-electron chi connectivity index (χ2n) is 18.4. The van der Waals surface area contributed by atoms with E-state index >= 15 is 0 Å². The first kappa shape index (κ1) is 54.3. The average molecular weight is 1170 g/mol. The number of benzene rings is 2. The highest BCUT2D eigenvalue weighted by Gasteiger charge is 2.32. The van der Waals surface area contributed by atoms with Crippen molar-refractivity contribution in [3.63, 3.8) is 0 Å². The van der Waals surface area contributed by atoms with Crippen LogP contribution in [0.4, 0.5) is 0 Å². The topological polar surface area (TPSA) is 313 Å². The number of carbonyl (C=O) groups excluding carboxylic acids is 6. The largest absolute Gasteiger partial charge is 0.508 e. The van der Waals surface area contributed by atoms with E-state index in [0.29, 0.717) is 70.2 Å². The molecule has 7 aromatic heterocycles. The van der Waals surface area contributed by atoms with Crippen molar-refractivity contribution in [2.24, 2.45) is 17.4 Å². The first-order valence-corrected chi connectivity index (χ1v) is 29.7. The molecule has 26 heteroatoms. The molecule has 2 aromatic carbocycles. The van der Waals surface area contributed by atoms with E-state index in [1.54, 1.807) is 47.3 Å². The number of thiazole rings is 6. The van der Waals surface area contributed by atoms with Gasteiger partial charge in [0.15, 0.2) is 0 Å². The maximum Gasteiger partial charge on any atom is 0.271 e. The molecule has 5 unspecified atom stereocenters. The highest BCUT2D eigenvalue weighted by molar-refractivity contribution is 7.15. The molecule has 0 radical (unpaired) electrons. The van der Waals surface area contributed by atoms with Gasteiger partial charge in [-0.25, -0.2) is 34.9 Å². The number of nitrogens with two attached hydrogens (primary N) is 2. The van der Waals surface area contributed by atoms with Crippen LogP contribution in [0, 0.1) is 12.8 Å². The van der Waals surface area contributed by atoms with Crippen molar-refractivity contribution in [2.75, 3.05) is 0 Å². The van der Waals surface area contributed by atoms with Crippen LogP contribution in [-0.4, -0.2) is 81.5 Å². The first-order chi connectivity index (χ1) is 38.1. The van der Waals surface area contributed by atoms with Gasteiger partial charge in [0.1, 0.15) is 81.7 Å². The van der Waals surface area contributed by atoms with Crippen LogP contribution < -0.4 is 32.7 Å². The van der Waals surface area contributed by atoms with Crippen molar-refractivity contribution in [1.29, 1.82) is 0 Å². The van der Waals surface area contributed by atoms with E-state index in [-0.39, 0.29) is 58.7 Å². The maximum atomic E-state index is 14.7. The molecule has 0 saturated carbocycles. The van der Waals surface area contributed by atoms with Gasteiger partial charge in [-0.2, -0.15) is 0 Å². The minimum absolute atomic E-state index is 0.0180. The number of aromatic hydroxyl groups is 1. The van der Waals surface area contributed by atoms with Gasteiger partial charge in [-0.15, -0.1) is 68.0 Å². The zero-order chi connectivity index (χ0) is 55.5. The highest BCUT2D eigenvalue weighted by Crippen LogP contribution is 2.39. The normalized spacial score (nSPS) is 17.5. The summed E-state index contributed by atoms with van der Waals surface area (Å²) in [5.74, 6) is -3.80. The molecule has 10 rings (SSSR count). The SMILES string of the molecule is CCC(C)C1NC(=O)C(Cc2ccc(O)cc2)NC(=O)c2csc(n2)C(Cc2ccccc2)NC(=O)c2nc(sc2C)C(CC(N)=O)NC(=O)c2csc(n2)-c2ccc(-c3nc(C(N)=O)cs3)nc2-c2csc(n2)-c2csc1n2. The Kier molecular flexibility index (Phi) is 16.2. The van der Waals surface area contributed by atoms with Gasteiger partial charge in [-0.3, -0.25) is 28.8 Å². The lowest BCUT2D eigenvalue weighted by molar-refractivity contribution is -0.124. The summed E-state index contributed by atoms with van der Waals surface area (Å²) in [6.45, 7) is 5.71. The summed E-state index contributed by atoms with van der Waals surface area (Å²) in [4.78, 5) is 116. The van der Waals surface area contributed by atoms with Gasteiger partial charge in [0, 0.05) is 43.8 Å². The molecule has 10 bridgehead atoms. The van der Waals surface area contributed by atoms with Gasteiger partial charge in [0.25, 0.3) is 23.6 Å². The standard InChI is InChI=1S/C53H47N13O7S6/c1-4-24(2)40-53-64-38(23-78-53)51-60-34(19-75-51)42-29(14-15-30(56-42)49-61-35(20-76-49)43(55)69)48-62-36(21-74-48)46(72)58-33(18-39(54)68)52-66-41(25(3)79-52)47(73)59-32(17-26-8-6-5-7-9-26)50-63-37(22-77-50)45(71)57-31(44(70)65-40)16-27-10-12-28(67)13-11-27/h5-15,19-24,31-33,40,67H,4,16-18H2,1-3H3,(H2,54,68)(H2,55,69)(H,57,71)(H,58,72)(H,59,73)(H,65,70). The summed E-state index contributed by atoms with van der Waals surface area (Å²) in [6, 6.07) is 15.8. The number of rotatable bonds is 10. The molecule has 79 heavy (non-hydrogen) atoms. The van der Waals surface area contributed by atoms with E-state index in [2.05, 4.69) is 31.2 Å². The van der Waals surface area contributed by atoms with Crippen molar-refractivity contribution in [2.45, 2.75) is 70.6 Å². The van der Waals surface area contributed by atoms with Crippen molar-refractivity contribution in [1.82, 2.24) is 56.2 Å². The quantitative estimate of drug-likeness (QED) is 0.0679. The van der Waals surface area contributed by atoms with Crippen LogP contribution in [0.15, 0.2) is 93.6 Å². The molecule has 0 fully saturated rings. The van der Waals surface area contributed by atoms with Crippen LogP contribution in [0.3, 0.4) is 0 Å². The van der Waals surface area contributed by atoms with E-state index in [9.17, 15) is 33.9 Å². The van der Waals surface area contributed by atoms with Crippen LogP contribution in [0.2, 0.25) is 0 Å². The minimum atomic E-state index is -1.12. The van der Waals surface area contributed by atoms with Gasteiger partial charge >= 0.3 is 0 Å². The lowest BCUT2D eigenvalue weighted by Gasteiger charge is -2.26. The van der Waals surface area contributed by atoms with Crippen LogP contribution in [0.1, 0.15) is 118 Å². The second kappa shape index (κ2) is 23.5. The molecule has 6 amide bonds.